The van der Waals surface area contributed by atoms with E-state index in [2.05, 4.69) is 15.4 Å². The van der Waals surface area contributed by atoms with Crippen molar-refractivity contribution in [3.63, 3.8) is 0 Å². The third-order valence-corrected chi connectivity index (χ3v) is 3.04. The summed E-state index contributed by atoms with van der Waals surface area (Å²) >= 11 is 10.6. The van der Waals surface area contributed by atoms with E-state index in [0.29, 0.717) is 5.69 Å². The van der Waals surface area contributed by atoms with Gasteiger partial charge in [-0.15, -0.1) is 13.2 Å². The van der Waals surface area contributed by atoms with Gasteiger partial charge in [-0.05, 0) is 48.6 Å². The number of nitrogens with one attached hydrogen (secondary N) is 2. The van der Waals surface area contributed by atoms with Crippen LogP contribution >= 0.6 is 23.8 Å². The molecule has 0 saturated carbocycles. The molecular weight excluding hydrogens is 356 g/mol. The predicted octanol–water partition coefficient (Wildman–Crippen LogP) is 5.19. The molecule has 9 heteroatoms. The van der Waals surface area contributed by atoms with E-state index in [4.69, 9.17) is 23.8 Å². The van der Waals surface area contributed by atoms with Crippen LogP contribution in [-0.4, -0.2) is 11.5 Å². The van der Waals surface area contributed by atoms with Gasteiger partial charge in [0.1, 0.15) is 5.75 Å². The third-order valence-electron chi connectivity index (χ3n) is 2.55. The van der Waals surface area contributed by atoms with Gasteiger partial charge in [0.2, 0.25) is 0 Å². The lowest BCUT2D eigenvalue weighted by molar-refractivity contribution is -0.274. The Morgan fingerprint density at radius 1 is 1.04 bits per heavy atom. The molecule has 0 radical (unpaired) electrons. The molecule has 0 bridgehead atoms. The van der Waals surface area contributed by atoms with Crippen molar-refractivity contribution in [2.75, 3.05) is 10.6 Å². The van der Waals surface area contributed by atoms with Crippen molar-refractivity contribution in [2.45, 2.75) is 6.36 Å². The van der Waals surface area contributed by atoms with Crippen LogP contribution in [0.2, 0.25) is 5.02 Å². The molecule has 0 aromatic heterocycles. The second-order valence-electron chi connectivity index (χ2n) is 4.25. The van der Waals surface area contributed by atoms with E-state index in [9.17, 15) is 17.6 Å². The highest BCUT2D eigenvalue weighted by Crippen LogP contribution is 2.25. The first kappa shape index (κ1) is 17.3. The van der Waals surface area contributed by atoms with Gasteiger partial charge in [0.05, 0.1) is 10.7 Å². The van der Waals surface area contributed by atoms with E-state index in [1.54, 1.807) is 6.07 Å². The molecule has 0 unspecified atom stereocenters. The fraction of sp³-hybridized carbons (Fsp3) is 0.0714. The van der Waals surface area contributed by atoms with Crippen LogP contribution in [0.4, 0.5) is 28.9 Å². The Bertz CT molecular complexity index is 707. The van der Waals surface area contributed by atoms with Gasteiger partial charge in [-0.25, -0.2) is 4.39 Å². The lowest BCUT2D eigenvalue weighted by Crippen LogP contribution is -2.20. The summed E-state index contributed by atoms with van der Waals surface area (Å²) < 4.78 is 53.6. The molecule has 0 aliphatic heterocycles. The second-order valence-corrected chi connectivity index (χ2v) is 5.07. The lowest BCUT2D eigenvalue weighted by Gasteiger charge is -2.13. The Kier molecular flexibility index (Phi) is 5.27. The van der Waals surface area contributed by atoms with Gasteiger partial charge in [-0.1, -0.05) is 17.7 Å². The van der Waals surface area contributed by atoms with Gasteiger partial charge in [-0.3, -0.25) is 0 Å². The van der Waals surface area contributed by atoms with Crippen molar-refractivity contribution < 1.29 is 22.3 Å². The molecule has 0 amide bonds. The highest BCUT2D eigenvalue weighted by molar-refractivity contribution is 7.80. The summed E-state index contributed by atoms with van der Waals surface area (Å²) in [7, 11) is 0. The number of ether oxygens (including phenoxy) is 1. The number of rotatable bonds is 3. The quantitative estimate of drug-likeness (QED) is 0.580. The SMILES string of the molecule is Fc1c(Cl)cccc1NC(=S)Nc1ccc(OC(F)(F)F)cc1. The smallest absolute Gasteiger partial charge is 0.406 e. The normalized spacial score (nSPS) is 11.0. The van der Waals surface area contributed by atoms with Crippen molar-refractivity contribution >= 4 is 40.3 Å². The van der Waals surface area contributed by atoms with Crippen LogP contribution in [0.15, 0.2) is 42.5 Å². The monoisotopic (exact) mass is 364 g/mol. The average Bonchev–Trinajstić information content (AvgIpc) is 2.44. The molecule has 0 heterocycles. The summed E-state index contributed by atoms with van der Waals surface area (Å²) in [5.74, 6) is -1.02. The van der Waals surface area contributed by atoms with E-state index in [-0.39, 0.29) is 21.6 Å². The van der Waals surface area contributed by atoms with Crippen LogP contribution in [0.3, 0.4) is 0 Å². The number of hydrogen-bond acceptors (Lipinski definition) is 2. The molecule has 0 fully saturated rings. The Morgan fingerprint density at radius 3 is 2.30 bits per heavy atom. The Hall–Kier alpha value is -2.06. The molecule has 3 nitrogen and oxygen atoms in total. The molecule has 0 saturated heterocycles. The van der Waals surface area contributed by atoms with Crippen molar-refractivity contribution in [1.29, 1.82) is 0 Å². The van der Waals surface area contributed by atoms with Crippen LogP contribution in [0.5, 0.6) is 5.75 Å². The Balaban J connectivity index is 1.99. The highest BCUT2D eigenvalue weighted by Gasteiger charge is 2.30. The maximum atomic E-state index is 13.7. The minimum atomic E-state index is -4.75. The van der Waals surface area contributed by atoms with Crippen LogP contribution in [0.25, 0.3) is 0 Å². The van der Waals surface area contributed by atoms with E-state index in [1.165, 1.54) is 24.3 Å². The van der Waals surface area contributed by atoms with Crippen molar-refractivity contribution in [3.05, 3.63) is 53.3 Å². The molecule has 2 aromatic carbocycles. The third kappa shape index (κ3) is 5.26. The van der Waals surface area contributed by atoms with E-state index >= 15 is 0 Å². The zero-order chi connectivity index (χ0) is 17.0. The molecule has 0 aliphatic rings. The number of hydrogen-bond donors (Lipinski definition) is 2. The summed E-state index contributed by atoms with van der Waals surface area (Å²) in [6.07, 6.45) is -4.75. The van der Waals surface area contributed by atoms with Crippen LogP contribution < -0.4 is 15.4 Å². The van der Waals surface area contributed by atoms with Gasteiger partial charge in [0.15, 0.2) is 10.9 Å². The minimum Gasteiger partial charge on any atom is -0.406 e. The molecule has 122 valence electrons. The van der Waals surface area contributed by atoms with Crippen LogP contribution in [0, 0.1) is 5.82 Å². The van der Waals surface area contributed by atoms with E-state index in [0.717, 1.165) is 12.1 Å². The van der Waals surface area contributed by atoms with Gasteiger partial charge in [0.25, 0.3) is 0 Å². The number of halogens is 5. The summed E-state index contributed by atoms with van der Waals surface area (Å²) in [6.45, 7) is 0. The summed E-state index contributed by atoms with van der Waals surface area (Å²) in [5, 5.41) is 5.29. The van der Waals surface area contributed by atoms with Crippen molar-refractivity contribution in [1.82, 2.24) is 0 Å². The fourth-order valence-electron chi connectivity index (χ4n) is 1.62. The molecule has 0 spiro atoms. The first-order chi connectivity index (χ1) is 10.7. The van der Waals surface area contributed by atoms with Gasteiger partial charge >= 0.3 is 6.36 Å². The first-order valence-electron chi connectivity index (χ1n) is 6.12. The zero-order valence-corrected chi connectivity index (χ0v) is 12.8. The molecule has 2 N–H and O–H groups in total. The summed E-state index contributed by atoms with van der Waals surface area (Å²) in [6, 6.07) is 9.29. The van der Waals surface area contributed by atoms with Gasteiger partial charge < -0.3 is 15.4 Å². The number of benzene rings is 2. The minimum absolute atomic E-state index is 0.0515. The first-order valence-corrected chi connectivity index (χ1v) is 6.91. The molecule has 0 atom stereocenters. The topological polar surface area (TPSA) is 33.3 Å². The van der Waals surface area contributed by atoms with Gasteiger partial charge in [0, 0.05) is 5.69 Å². The van der Waals surface area contributed by atoms with E-state index < -0.39 is 12.2 Å². The Labute approximate surface area is 139 Å². The van der Waals surface area contributed by atoms with Gasteiger partial charge in [-0.2, -0.15) is 0 Å². The van der Waals surface area contributed by atoms with E-state index in [1.807, 2.05) is 0 Å². The average molecular weight is 365 g/mol. The largest absolute Gasteiger partial charge is 0.573 e. The molecule has 2 rings (SSSR count). The van der Waals surface area contributed by atoms with Crippen molar-refractivity contribution in [2.24, 2.45) is 0 Å². The van der Waals surface area contributed by atoms with Crippen LogP contribution in [-0.2, 0) is 0 Å². The molecule has 2 aromatic rings. The maximum Gasteiger partial charge on any atom is 0.573 e. The zero-order valence-electron chi connectivity index (χ0n) is 11.2. The summed E-state index contributed by atoms with van der Waals surface area (Å²) in [5.41, 5.74) is 0.478. The summed E-state index contributed by atoms with van der Waals surface area (Å²) in [4.78, 5) is 0. The number of alkyl halides is 3. The molecular formula is C14H9ClF4N2OS. The fourth-order valence-corrected chi connectivity index (χ4v) is 2.03. The predicted molar refractivity (Wildman–Crippen MR) is 84.4 cm³/mol. The van der Waals surface area contributed by atoms with Crippen molar-refractivity contribution in [3.8, 4) is 5.75 Å². The lowest BCUT2D eigenvalue weighted by atomic mass is 10.3. The second kappa shape index (κ2) is 7.01. The standard InChI is InChI=1S/C14H9ClF4N2OS/c15-10-2-1-3-11(12(10)16)21-13(23)20-8-4-6-9(7-5-8)22-14(17,18)19/h1-7H,(H2,20,21,23). The number of anilines is 2. The Morgan fingerprint density at radius 2 is 1.70 bits per heavy atom. The van der Waals surface area contributed by atoms with Crippen LogP contribution in [0.1, 0.15) is 0 Å². The maximum absolute atomic E-state index is 13.7. The highest BCUT2D eigenvalue weighted by atomic mass is 35.5. The molecule has 23 heavy (non-hydrogen) atoms. The number of thiocarbonyl (C=S) groups is 1. The molecule has 0 aliphatic carbocycles.